The molecule has 0 radical (unpaired) electrons. The first-order valence-electron chi connectivity index (χ1n) is 5.74. The highest BCUT2D eigenvalue weighted by Gasteiger charge is 2.35. The molecule has 1 aliphatic carbocycles. The van der Waals surface area contributed by atoms with Gasteiger partial charge < -0.3 is 10.4 Å². The monoisotopic (exact) mass is 254 g/mol. The second-order valence-electron chi connectivity index (χ2n) is 4.44. The zero-order chi connectivity index (χ0) is 12.5. The number of hydrogen-bond acceptors (Lipinski definition) is 3. The predicted octanol–water partition coefficient (Wildman–Crippen LogP) is 3.18. The van der Waals surface area contributed by atoms with E-state index in [-0.39, 0.29) is 16.1 Å². The first-order chi connectivity index (χ1) is 8.08. The van der Waals surface area contributed by atoms with Gasteiger partial charge in [-0.25, -0.2) is 9.78 Å². The number of aromatic carboxylic acids is 1. The van der Waals surface area contributed by atoms with Crippen molar-refractivity contribution >= 4 is 23.4 Å². The molecular formula is C12H15ClN2O2. The molecule has 0 atom stereocenters. The summed E-state index contributed by atoms with van der Waals surface area (Å²) in [7, 11) is 0. The lowest BCUT2D eigenvalue weighted by Crippen LogP contribution is -2.44. The number of anilines is 1. The molecule has 1 heterocycles. The van der Waals surface area contributed by atoms with Gasteiger partial charge in [-0.1, -0.05) is 18.5 Å². The summed E-state index contributed by atoms with van der Waals surface area (Å²) in [5.74, 6) is -0.548. The molecule has 0 aromatic carbocycles. The topological polar surface area (TPSA) is 62.2 Å². The second-order valence-corrected chi connectivity index (χ2v) is 4.82. The number of rotatable bonds is 4. The molecule has 2 N–H and O–H groups in total. The Labute approximate surface area is 105 Å². The highest BCUT2D eigenvalue weighted by atomic mass is 35.5. The van der Waals surface area contributed by atoms with E-state index in [0.29, 0.717) is 5.82 Å². The third kappa shape index (κ3) is 2.22. The number of carboxylic acids is 1. The van der Waals surface area contributed by atoms with Crippen molar-refractivity contribution in [1.82, 2.24) is 4.98 Å². The molecule has 1 aliphatic rings. The van der Waals surface area contributed by atoms with Crippen LogP contribution < -0.4 is 5.32 Å². The van der Waals surface area contributed by atoms with Crippen LogP contribution in [0.3, 0.4) is 0 Å². The molecule has 1 aromatic heterocycles. The van der Waals surface area contributed by atoms with Gasteiger partial charge in [-0.3, -0.25) is 0 Å². The quantitative estimate of drug-likeness (QED) is 0.866. The lowest BCUT2D eigenvalue weighted by molar-refractivity contribution is 0.0697. The van der Waals surface area contributed by atoms with Gasteiger partial charge >= 0.3 is 5.97 Å². The van der Waals surface area contributed by atoms with Gasteiger partial charge in [-0.05, 0) is 31.7 Å². The normalized spacial score (nSPS) is 17.3. The maximum atomic E-state index is 11.0. The first-order valence-corrected chi connectivity index (χ1v) is 6.12. The van der Waals surface area contributed by atoms with E-state index in [1.54, 1.807) is 0 Å². The van der Waals surface area contributed by atoms with Crippen LogP contribution in [0.2, 0.25) is 5.02 Å². The number of hydrogen-bond donors (Lipinski definition) is 2. The summed E-state index contributed by atoms with van der Waals surface area (Å²) in [6, 6.07) is 1.41. The first kappa shape index (κ1) is 12.2. The minimum Gasteiger partial charge on any atom is -0.478 e. The van der Waals surface area contributed by atoms with Gasteiger partial charge in [0.2, 0.25) is 0 Å². The molecule has 4 nitrogen and oxygen atoms in total. The van der Waals surface area contributed by atoms with E-state index in [1.165, 1.54) is 18.7 Å². The van der Waals surface area contributed by atoms with Gasteiger partial charge in [0, 0.05) is 11.7 Å². The van der Waals surface area contributed by atoms with Gasteiger partial charge in [-0.15, -0.1) is 0 Å². The van der Waals surface area contributed by atoms with Crippen LogP contribution in [0.4, 0.5) is 5.82 Å². The number of aromatic nitrogens is 1. The number of pyridine rings is 1. The van der Waals surface area contributed by atoms with Crippen LogP contribution in [0.5, 0.6) is 0 Å². The largest absolute Gasteiger partial charge is 0.478 e. The van der Waals surface area contributed by atoms with Crippen LogP contribution in [-0.2, 0) is 0 Å². The van der Waals surface area contributed by atoms with Crippen molar-refractivity contribution in [1.29, 1.82) is 0 Å². The Morgan fingerprint density at radius 3 is 2.82 bits per heavy atom. The van der Waals surface area contributed by atoms with Gasteiger partial charge in [0.15, 0.2) is 0 Å². The van der Waals surface area contributed by atoms with Crippen LogP contribution in [0.15, 0.2) is 12.3 Å². The van der Waals surface area contributed by atoms with E-state index in [0.717, 1.165) is 19.3 Å². The lowest BCUT2D eigenvalue weighted by Gasteiger charge is -2.42. The molecule has 1 saturated carbocycles. The minimum atomic E-state index is -1.03. The van der Waals surface area contributed by atoms with Gasteiger partial charge in [0.25, 0.3) is 0 Å². The number of nitrogens with zero attached hydrogens (tertiary/aromatic N) is 1. The lowest BCUT2D eigenvalue weighted by atomic mass is 9.75. The Bertz CT molecular complexity index is 439. The maximum absolute atomic E-state index is 11.0. The molecule has 0 saturated heterocycles. The summed E-state index contributed by atoms with van der Waals surface area (Å²) in [6.45, 7) is 2.11. The van der Waals surface area contributed by atoms with Gasteiger partial charge in [-0.2, -0.15) is 0 Å². The van der Waals surface area contributed by atoms with Crippen molar-refractivity contribution in [2.24, 2.45) is 0 Å². The van der Waals surface area contributed by atoms with E-state index in [2.05, 4.69) is 17.2 Å². The fourth-order valence-corrected chi connectivity index (χ4v) is 2.36. The predicted molar refractivity (Wildman–Crippen MR) is 66.7 cm³/mol. The van der Waals surface area contributed by atoms with E-state index in [4.69, 9.17) is 16.7 Å². The van der Waals surface area contributed by atoms with Crippen molar-refractivity contribution in [3.63, 3.8) is 0 Å². The Kier molecular flexibility index (Phi) is 3.24. The van der Waals surface area contributed by atoms with Crippen molar-refractivity contribution in [2.45, 2.75) is 38.1 Å². The minimum absolute atomic E-state index is 0.0494. The van der Waals surface area contributed by atoms with Crippen molar-refractivity contribution in [2.75, 3.05) is 5.32 Å². The summed E-state index contributed by atoms with van der Waals surface area (Å²) in [5.41, 5.74) is 0.142. The van der Waals surface area contributed by atoms with Crippen molar-refractivity contribution in [3.05, 3.63) is 22.8 Å². The Hall–Kier alpha value is -1.29. The van der Waals surface area contributed by atoms with E-state index in [9.17, 15) is 4.79 Å². The molecule has 0 spiro atoms. The van der Waals surface area contributed by atoms with Gasteiger partial charge in [0.05, 0.1) is 10.6 Å². The van der Waals surface area contributed by atoms with Crippen LogP contribution in [0.25, 0.3) is 0 Å². The zero-order valence-electron chi connectivity index (χ0n) is 9.66. The Balaban J connectivity index is 2.27. The molecule has 0 aliphatic heterocycles. The molecule has 0 unspecified atom stereocenters. The smallest absolute Gasteiger partial charge is 0.337 e. The van der Waals surface area contributed by atoms with Gasteiger partial charge in [0.1, 0.15) is 5.82 Å². The summed E-state index contributed by atoms with van der Waals surface area (Å²) < 4.78 is 0. The molecule has 1 fully saturated rings. The Morgan fingerprint density at radius 1 is 1.65 bits per heavy atom. The van der Waals surface area contributed by atoms with Crippen LogP contribution >= 0.6 is 11.6 Å². The second kappa shape index (κ2) is 4.53. The number of halogens is 1. The molecule has 2 rings (SSSR count). The fourth-order valence-electron chi connectivity index (χ4n) is 2.12. The molecule has 1 aromatic rings. The summed E-state index contributed by atoms with van der Waals surface area (Å²) >= 11 is 6.04. The zero-order valence-corrected chi connectivity index (χ0v) is 10.4. The highest BCUT2D eigenvalue weighted by molar-refractivity contribution is 6.35. The van der Waals surface area contributed by atoms with Crippen LogP contribution in [0.1, 0.15) is 43.0 Å². The number of nitrogens with one attached hydrogen (secondary N) is 1. The van der Waals surface area contributed by atoms with Crippen molar-refractivity contribution < 1.29 is 9.90 Å². The SMILES string of the molecule is CCC1(Nc2nccc(C(=O)O)c2Cl)CCC1. The summed E-state index contributed by atoms with van der Waals surface area (Å²) in [6.07, 6.45) is 5.82. The molecule has 0 amide bonds. The van der Waals surface area contributed by atoms with E-state index >= 15 is 0 Å². The number of carboxylic acid groups (broad SMARTS) is 1. The van der Waals surface area contributed by atoms with Crippen LogP contribution in [0, 0.1) is 0 Å². The maximum Gasteiger partial charge on any atom is 0.337 e. The summed E-state index contributed by atoms with van der Waals surface area (Å²) in [5, 5.41) is 12.5. The number of carbonyl (C=O) groups is 1. The van der Waals surface area contributed by atoms with E-state index < -0.39 is 5.97 Å². The molecular weight excluding hydrogens is 240 g/mol. The average molecular weight is 255 g/mol. The third-order valence-electron chi connectivity index (χ3n) is 3.49. The average Bonchev–Trinajstić information content (AvgIpc) is 2.25. The fraction of sp³-hybridized carbons (Fsp3) is 0.500. The molecule has 17 heavy (non-hydrogen) atoms. The van der Waals surface area contributed by atoms with Crippen molar-refractivity contribution in [3.8, 4) is 0 Å². The highest BCUT2D eigenvalue weighted by Crippen LogP contribution is 2.39. The third-order valence-corrected chi connectivity index (χ3v) is 3.87. The summed E-state index contributed by atoms with van der Waals surface area (Å²) in [4.78, 5) is 15.1. The molecule has 5 heteroatoms. The molecule has 92 valence electrons. The van der Waals surface area contributed by atoms with E-state index in [1.807, 2.05) is 0 Å². The Morgan fingerprint density at radius 2 is 2.35 bits per heavy atom. The standard InChI is InChI=1S/C12H15ClN2O2/c1-2-12(5-3-6-12)15-10-9(13)8(11(16)17)4-7-14-10/h4,7H,2-3,5-6H2,1H3,(H,14,15)(H,16,17). The molecule has 0 bridgehead atoms. The van der Waals surface area contributed by atoms with Crippen LogP contribution in [-0.4, -0.2) is 21.6 Å².